The lowest BCUT2D eigenvalue weighted by Gasteiger charge is -2.40. The van der Waals surface area contributed by atoms with E-state index < -0.39 is 17.4 Å². The molecule has 1 amide bonds. The van der Waals surface area contributed by atoms with Crippen LogP contribution in [0.4, 0.5) is 11.4 Å². The summed E-state index contributed by atoms with van der Waals surface area (Å²) in [5.41, 5.74) is 5.98. The van der Waals surface area contributed by atoms with Gasteiger partial charge in [0, 0.05) is 36.0 Å². The van der Waals surface area contributed by atoms with Gasteiger partial charge >= 0.3 is 5.69 Å². The predicted molar refractivity (Wildman–Crippen MR) is 123 cm³/mol. The molecular formula is C23H26N4O5. The standard InChI is InChI=1S/C23H26N4O5/c1-15-12-23(2,3)26(4)19-11-21(31-5)16(10-17(15)19)13-24-25-22(28)14-32-20-9-7-6-8-18(20)27(29)30/h6-13H,14H2,1-5H3,(H,25,28)/b24-13+. The number of fused-ring (bicyclic) bond motifs is 1. The van der Waals surface area contributed by atoms with E-state index in [4.69, 9.17) is 9.47 Å². The Hall–Kier alpha value is -3.88. The maximum Gasteiger partial charge on any atom is 0.310 e. The van der Waals surface area contributed by atoms with Gasteiger partial charge < -0.3 is 14.4 Å². The fourth-order valence-corrected chi connectivity index (χ4v) is 3.55. The van der Waals surface area contributed by atoms with Crippen molar-refractivity contribution in [1.29, 1.82) is 0 Å². The minimum atomic E-state index is -0.567. The average Bonchev–Trinajstić information content (AvgIpc) is 2.75. The second-order valence-electron chi connectivity index (χ2n) is 7.96. The number of nitro groups is 1. The van der Waals surface area contributed by atoms with Gasteiger partial charge in [-0.25, -0.2) is 5.43 Å². The summed E-state index contributed by atoms with van der Waals surface area (Å²) in [5, 5.41) is 15.0. The van der Waals surface area contributed by atoms with Gasteiger partial charge in [-0.15, -0.1) is 0 Å². The van der Waals surface area contributed by atoms with Crippen molar-refractivity contribution in [1.82, 2.24) is 5.43 Å². The Morgan fingerprint density at radius 1 is 1.28 bits per heavy atom. The third-order valence-corrected chi connectivity index (χ3v) is 5.38. The summed E-state index contributed by atoms with van der Waals surface area (Å²) in [6.45, 7) is 5.93. The molecule has 0 aliphatic carbocycles. The number of rotatable bonds is 7. The molecule has 9 heteroatoms. The molecule has 1 N–H and O–H groups in total. The van der Waals surface area contributed by atoms with Crippen LogP contribution >= 0.6 is 0 Å². The average molecular weight is 438 g/mol. The first kappa shape index (κ1) is 22.8. The summed E-state index contributed by atoms with van der Waals surface area (Å²) in [5.74, 6) is 0.0893. The minimum Gasteiger partial charge on any atom is -0.496 e. The molecule has 168 valence electrons. The maximum atomic E-state index is 12.1. The first-order chi connectivity index (χ1) is 15.1. The van der Waals surface area contributed by atoms with E-state index in [0.717, 1.165) is 16.8 Å². The molecule has 0 saturated carbocycles. The maximum absolute atomic E-state index is 12.1. The fraction of sp³-hybridized carbons (Fsp3) is 0.304. The zero-order valence-electron chi connectivity index (χ0n) is 18.7. The number of nitrogens with zero attached hydrogens (tertiary/aromatic N) is 3. The van der Waals surface area contributed by atoms with Crippen LogP contribution in [-0.2, 0) is 4.79 Å². The second kappa shape index (κ2) is 9.09. The number of hydrogen-bond donors (Lipinski definition) is 1. The van der Waals surface area contributed by atoms with Gasteiger partial charge in [-0.2, -0.15) is 5.10 Å². The highest BCUT2D eigenvalue weighted by Crippen LogP contribution is 2.40. The van der Waals surface area contributed by atoms with Crippen LogP contribution in [0.25, 0.3) is 5.57 Å². The van der Waals surface area contributed by atoms with E-state index in [1.54, 1.807) is 13.2 Å². The van der Waals surface area contributed by atoms with Gasteiger partial charge in [-0.3, -0.25) is 14.9 Å². The number of anilines is 1. The van der Waals surface area contributed by atoms with Crippen molar-refractivity contribution in [2.45, 2.75) is 26.3 Å². The molecule has 0 bridgehead atoms. The van der Waals surface area contributed by atoms with Crippen molar-refractivity contribution < 1.29 is 19.2 Å². The molecule has 0 atom stereocenters. The van der Waals surface area contributed by atoms with Gasteiger partial charge in [0.05, 0.1) is 23.8 Å². The van der Waals surface area contributed by atoms with Crippen molar-refractivity contribution in [3.05, 3.63) is 63.7 Å². The van der Waals surface area contributed by atoms with Crippen LogP contribution in [0.5, 0.6) is 11.5 Å². The smallest absolute Gasteiger partial charge is 0.310 e. The van der Waals surface area contributed by atoms with Gasteiger partial charge in [0.2, 0.25) is 0 Å². The molecule has 0 saturated heterocycles. The number of nitrogens with one attached hydrogen (secondary N) is 1. The van der Waals surface area contributed by atoms with Crippen LogP contribution in [0, 0.1) is 10.1 Å². The summed E-state index contributed by atoms with van der Waals surface area (Å²) in [6, 6.07) is 9.77. The number of hydrogen-bond acceptors (Lipinski definition) is 7. The monoisotopic (exact) mass is 438 g/mol. The Morgan fingerprint density at radius 3 is 2.69 bits per heavy atom. The Balaban J connectivity index is 1.71. The van der Waals surface area contributed by atoms with E-state index in [9.17, 15) is 14.9 Å². The molecule has 32 heavy (non-hydrogen) atoms. The summed E-state index contributed by atoms with van der Waals surface area (Å²) >= 11 is 0. The number of benzene rings is 2. The zero-order chi connectivity index (χ0) is 23.5. The molecule has 2 aromatic rings. The molecule has 0 aromatic heterocycles. The van der Waals surface area contributed by atoms with Gasteiger partial charge in [0.1, 0.15) is 5.75 Å². The topological polar surface area (TPSA) is 106 Å². The van der Waals surface area contributed by atoms with Crippen molar-refractivity contribution in [3.63, 3.8) is 0 Å². The van der Waals surface area contributed by atoms with E-state index in [1.165, 1.54) is 24.4 Å². The summed E-state index contributed by atoms with van der Waals surface area (Å²) < 4.78 is 10.8. The molecule has 1 heterocycles. The van der Waals surface area contributed by atoms with E-state index in [1.807, 2.05) is 19.2 Å². The second-order valence-corrected chi connectivity index (χ2v) is 7.96. The number of likely N-dealkylation sites (N-methyl/N-ethyl adjacent to an activating group) is 1. The number of para-hydroxylation sites is 2. The number of carbonyl (C=O) groups is 1. The Morgan fingerprint density at radius 2 is 2.00 bits per heavy atom. The van der Waals surface area contributed by atoms with Crippen LogP contribution in [0.2, 0.25) is 0 Å². The highest BCUT2D eigenvalue weighted by Gasteiger charge is 2.29. The Labute approximate surface area is 186 Å². The fourth-order valence-electron chi connectivity index (χ4n) is 3.55. The van der Waals surface area contributed by atoms with Gasteiger partial charge in [-0.1, -0.05) is 18.2 Å². The van der Waals surface area contributed by atoms with Gasteiger partial charge in [-0.05, 0) is 38.5 Å². The lowest BCUT2D eigenvalue weighted by Crippen LogP contribution is -2.42. The third kappa shape index (κ3) is 4.72. The lowest BCUT2D eigenvalue weighted by atomic mass is 9.88. The molecule has 1 aliphatic rings. The number of ether oxygens (including phenoxy) is 2. The molecule has 1 aliphatic heterocycles. The van der Waals surface area contributed by atoms with Crippen LogP contribution in [0.3, 0.4) is 0 Å². The minimum absolute atomic E-state index is 0.0160. The zero-order valence-corrected chi connectivity index (χ0v) is 18.7. The van der Waals surface area contributed by atoms with E-state index in [0.29, 0.717) is 11.3 Å². The molecule has 0 radical (unpaired) electrons. The van der Waals surface area contributed by atoms with Crippen molar-refractivity contribution in [2.75, 3.05) is 25.7 Å². The Kier molecular flexibility index (Phi) is 6.47. The Bertz CT molecular complexity index is 1110. The summed E-state index contributed by atoms with van der Waals surface area (Å²) in [6.07, 6.45) is 3.69. The van der Waals surface area contributed by atoms with Crippen LogP contribution in [-0.4, -0.2) is 43.3 Å². The number of nitro benzene ring substituents is 1. The normalized spacial score (nSPS) is 14.5. The van der Waals surface area contributed by atoms with E-state index in [-0.39, 0.29) is 17.0 Å². The number of carbonyl (C=O) groups excluding carboxylic acids is 1. The molecule has 2 aromatic carbocycles. The molecule has 0 fully saturated rings. The van der Waals surface area contributed by atoms with Crippen molar-refractivity contribution in [2.24, 2.45) is 5.10 Å². The third-order valence-electron chi connectivity index (χ3n) is 5.38. The quantitative estimate of drug-likeness (QED) is 0.401. The number of amides is 1. The van der Waals surface area contributed by atoms with Crippen LogP contribution in [0.1, 0.15) is 31.9 Å². The molecule has 9 nitrogen and oxygen atoms in total. The number of methoxy groups -OCH3 is 1. The van der Waals surface area contributed by atoms with Gasteiger partial charge in [0.15, 0.2) is 12.4 Å². The number of allylic oxidation sites excluding steroid dienone is 1. The highest BCUT2D eigenvalue weighted by molar-refractivity contribution is 5.91. The molecular weight excluding hydrogens is 412 g/mol. The van der Waals surface area contributed by atoms with Crippen molar-refractivity contribution >= 4 is 29.1 Å². The summed E-state index contributed by atoms with van der Waals surface area (Å²) in [4.78, 5) is 24.7. The largest absolute Gasteiger partial charge is 0.496 e. The number of hydrazone groups is 1. The lowest BCUT2D eigenvalue weighted by molar-refractivity contribution is -0.385. The first-order valence-electron chi connectivity index (χ1n) is 9.98. The molecule has 3 rings (SSSR count). The molecule has 0 spiro atoms. The van der Waals surface area contributed by atoms with Gasteiger partial charge in [0.25, 0.3) is 5.91 Å². The first-order valence-corrected chi connectivity index (χ1v) is 9.98. The molecule has 0 unspecified atom stereocenters. The highest BCUT2D eigenvalue weighted by atomic mass is 16.6. The summed E-state index contributed by atoms with van der Waals surface area (Å²) in [7, 11) is 3.61. The predicted octanol–water partition coefficient (Wildman–Crippen LogP) is 3.76. The van der Waals surface area contributed by atoms with Crippen LogP contribution < -0.4 is 19.8 Å². The SMILES string of the molecule is COc1cc2c(cc1/C=N/NC(=O)COc1ccccc1[N+](=O)[O-])C(C)=CC(C)(C)N2C. The van der Waals surface area contributed by atoms with E-state index in [2.05, 4.69) is 42.3 Å². The van der Waals surface area contributed by atoms with Crippen LogP contribution in [0.15, 0.2) is 47.6 Å². The van der Waals surface area contributed by atoms with E-state index >= 15 is 0 Å². The van der Waals surface area contributed by atoms with Crippen molar-refractivity contribution in [3.8, 4) is 11.5 Å².